The standard InChI is InChI=1S/C15H16N2O/c1-8-6-5-7-12-14(8)17-15(16-12)13-9(2)10(3)18-11(13)4/h5-7H,1-4H3,(H,16,17). The highest BCUT2D eigenvalue weighted by atomic mass is 16.3. The summed E-state index contributed by atoms with van der Waals surface area (Å²) < 4.78 is 5.67. The van der Waals surface area contributed by atoms with Crippen molar-refractivity contribution in [2.45, 2.75) is 27.7 Å². The maximum Gasteiger partial charge on any atom is 0.142 e. The van der Waals surface area contributed by atoms with E-state index in [1.807, 2.05) is 19.9 Å². The van der Waals surface area contributed by atoms with Crippen molar-refractivity contribution in [3.63, 3.8) is 0 Å². The van der Waals surface area contributed by atoms with Crippen LogP contribution in [-0.2, 0) is 0 Å². The summed E-state index contributed by atoms with van der Waals surface area (Å²) in [6.07, 6.45) is 0. The maximum atomic E-state index is 5.67. The number of fused-ring (bicyclic) bond motifs is 1. The van der Waals surface area contributed by atoms with Gasteiger partial charge in [0.1, 0.15) is 17.3 Å². The first-order valence-corrected chi connectivity index (χ1v) is 6.10. The van der Waals surface area contributed by atoms with Gasteiger partial charge in [-0.25, -0.2) is 4.98 Å². The maximum absolute atomic E-state index is 5.67. The molecule has 0 aliphatic rings. The van der Waals surface area contributed by atoms with E-state index in [2.05, 4.69) is 31.0 Å². The number of nitrogens with zero attached hydrogens (tertiary/aromatic N) is 1. The van der Waals surface area contributed by atoms with Crippen LogP contribution in [0.15, 0.2) is 22.6 Å². The Morgan fingerprint density at radius 1 is 1.06 bits per heavy atom. The zero-order valence-electron chi connectivity index (χ0n) is 11.1. The third-order valence-corrected chi connectivity index (χ3v) is 3.51. The zero-order valence-corrected chi connectivity index (χ0v) is 11.1. The number of hydrogen-bond acceptors (Lipinski definition) is 2. The number of rotatable bonds is 1. The van der Waals surface area contributed by atoms with Crippen LogP contribution in [0.2, 0.25) is 0 Å². The lowest BCUT2D eigenvalue weighted by Gasteiger charge is -1.95. The molecule has 18 heavy (non-hydrogen) atoms. The summed E-state index contributed by atoms with van der Waals surface area (Å²) in [5, 5.41) is 0. The van der Waals surface area contributed by atoms with Gasteiger partial charge in [0.05, 0.1) is 16.6 Å². The molecule has 0 aliphatic carbocycles. The van der Waals surface area contributed by atoms with Gasteiger partial charge in [-0.05, 0) is 39.3 Å². The first kappa shape index (κ1) is 11.1. The number of benzene rings is 1. The number of hydrogen-bond donors (Lipinski definition) is 1. The Hall–Kier alpha value is -2.03. The van der Waals surface area contributed by atoms with Gasteiger partial charge in [0.25, 0.3) is 0 Å². The molecule has 0 aliphatic heterocycles. The van der Waals surface area contributed by atoms with Gasteiger partial charge in [0.15, 0.2) is 0 Å². The Labute approximate surface area is 106 Å². The molecule has 0 unspecified atom stereocenters. The smallest absolute Gasteiger partial charge is 0.142 e. The van der Waals surface area contributed by atoms with Crippen LogP contribution in [-0.4, -0.2) is 9.97 Å². The number of furan rings is 1. The van der Waals surface area contributed by atoms with E-state index in [1.165, 1.54) is 5.56 Å². The normalized spacial score (nSPS) is 11.3. The second-order valence-electron chi connectivity index (χ2n) is 4.77. The van der Waals surface area contributed by atoms with E-state index in [0.29, 0.717) is 0 Å². The van der Waals surface area contributed by atoms with Crippen molar-refractivity contribution in [1.82, 2.24) is 9.97 Å². The molecule has 1 aromatic carbocycles. The van der Waals surface area contributed by atoms with Crippen LogP contribution in [0.1, 0.15) is 22.6 Å². The van der Waals surface area contributed by atoms with Crippen LogP contribution in [0, 0.1) is 27.7 Å². The fourth-order valence-electron chi connectivity index (χ4n) is 2.44. The predicted molar refractivity (Wildman–Crippen MR) is 72.7 cm³/mol. The second kappa shape index (κ2) is 3.73. The van der Waals surface area contributed by atoms with Gasteiger partial charge < -0.3 is 9.40 Å². The van der Waals surface area contributed by atoms with Crippen molar-refractivity contribution in [3.8, 4) is 11.4 Å². The molecule has 0 bridgehead atoms. The Morgan fingerprint density at radius 3 is 2.44 bits per heavy atom. The van der Waals surface area contributed by atoms with Crippen molar-refractivity contribution in [2.75, 3.05) is 0 Å². The first-order chi connectivity index (χ1) is 8.58. The monoisotopic (exact) mass is 240 g/mol. The van der Waals surface area contributed by atoms with Gasteiger partial charge in [0.2, 0.25) is 0 Å². The number of nitrogens with one attached hydrogen (secondary N) is 1. The van der Waals surface area contributed by atoms with Gasteiger partial charge in [-0.1, -0.05) is 12.1 Å². The van der Waals surface area contributed by atoms with Crippen LogP contribution in [0.3, 0.4) is 0 Å². The fraction of sp³-hybridized carbons (Fsp3) is 0.267. The van der Waals surface area contributed by atoms with Crippen LogP contribution in [0.4, 0.5) is 0 Å². The third kappa shape index (κ3) is 1.47. The van der Waals surface area contributed by atoms with Crippen molar-refractivity contribution in [1.29, 1.82) is 0 Å². The van der Waals surface area contributed by atoms with Gasteiger partial charge in [-0.15, -0.1) is 0 Å². The van der Waals surface area contributed by atoms with E-state index in [-0.39, 0.29) is 0 Å². The molecule has 0 fully saturated rings. The molecule has 3 heteroatoms. The molecule has 92 valence electrons. The van der Waals surface area contributed by atoms with Crippen LogP contribution < -0.4 is 0 Å². The number of para-hydroxylation sites is 1. The summed E-state index contributed by atoms with van der Waals surface area (Å²) in [6.45, 7) is 8.11. The highest BCUT2D eigenvalue weighted by Crippen LogP contribution is 2.31. The van der Waals surface area contributed by atoms with E-state index >= 15 is 0 Å². The summed E-state index contributed by atoms with van der Waals surface area (Å²) in [5.41, 5.74) is 5.53. The Bertz CT molecular complexity index is 734. The molecule has 0 amide bonds. The van der Waals surface area contributed by atoms with Gasteiger partial charge in [0, 0.05) is 5.56 Å². The molecular weight excluding hydrogens is 224 g/mol. The van der Waals surface area contributed by atoms with Crippen molar-refractivity contribution < 1.29 is 4.42 Å². The molecule has 0 radical (unpaired) electrons. The van der Waals surface area contributed by atoms with Gasteiger partial charge in [-0.3, -0.25) is 0 Å². The third-order valence-electron chi connectivity index (χ3n) is 3.51. The molecule has 1 N–H and O–H groups in total. The van der Waals surface area contributed by atoms with Crippen molar-refractivity contribution >= 4 is 11.0 Å². The zero-order chi connectivity index (χ0) is 12.9. The molecule has 0 saturated carbocycles. The minimum atomic E-state index is 0.895. The number of aryl methyl sites for hydroxylation is 3. The van der Waals surface area contributed by atoms with Crippen LogP contribution in [0.25, 0.3) is 22.4 Å². The molecule has 0 saturated heterocycles. The van der Waals surface area contributed by atoms with E-state index in [0.717, 1.165) is 39.5 Å². The largest absolute Gasteiger partial charge is 0.466 e. The summed E-state index contributed by atoms with van der Waals surface area (Å²) in [4.78, 5) is 8.08. The Kier molecular flexibility index (Phi) is 2.30. The minimum absolute atomic E-state index is 0.895. The number of imidazole rings is 1. The Balaban J connectivity index is 2.29. The highest BCUT2D eigenvalue weighted by Gasteiger charge is 2.16. The average molecular weight is 240 g/mol. The molecule has 0 atom stereocenters. The summed E-state index contributed by atoms with van der Waals surface area (Å²) in [6, 6.07) is 6.17. The number of aromatic nitrogens is 2. The summed E-state index contributed by atoms with van der Waals surface area (Å²) in [5.74, 6) is 2.77. The first-order valence-electron chi connectivity index (χ1n) is 6.10. The molecule has 0 spiro atoms. The molecular formula is C15H16N2O. The second-order valence-corrected chi connectivity index (χ2v) is 4.77. The SMILES string of the molecule is Cc1oc(C)c(-c2nc3c(C)cccc3[nH]2)c1C. The topological polar surface area (TPSA) is 41.8 Å². The average Bonchev–Trinajstić information content (AvgIpc) is 2.83. The quantitative estimate of drug-likeness (QED) is 0.697. The lowest BCUT2D eigenvalue weighted by atomic mass is 10.1. The van der Waals surface area contributed by atoms with Crippen molar-refractivity contribution in [3.05, 3.63) is 40.8 Å². The molecule has 3 rings (SSSR count). The van der Waals surface area contributed by atoms with E-state index in [9.17, 15) is 0 Å². The Morgan fingerprint density at radius 2 is 1.83 bits per heavy atom. The van der Waals surface area contributed by atoms with Crippen molar-refractivity contribution in [2.24, 2.45) is 0 Å². The number of aromatic amines is 1. The van der Waals surface area contributed by atoms with Gasteiger partial charge in [-0.2, -0.15) is 0 Å². The summed E-state index contributed by atoms with van der Waals surface area (Å²) in [7, 11) is 0. The van der Waals surface area contributed by atoms with E-state index in [4.69, 9.17) is 9.40 Å². The number of H-pyrrole nitrogens is 1. The van der Waals surface area contributed by atoms with Gasteiger partial charge >= 0.3 is 0 Å². The highest BCUT2D eigenvalue weighted by molar-refractivity contribution is 5.83. The molecule has 3 aromatic rings. The van der Waals surface area contributed by atoms with E-state index < -0.39 is 0 Å². The molecule has 2 aromatic heterocycles. The lowest BCUT2D eigenvalue weighted by molar-refractivity contribution is 0.503. The lowest BCUT2D eigenvalue weighted by Crippen LogP contribution is -1.84. The minimum Gasteiger partial charge on any atom is -0.466 e. The van der Waals surface area contributed by atoms with Crippen LogP contribution >= 0.6 is 0 Å². The predicted octanol–water partition coefficient (Wildman–Crippen LogP) is 4.06. The molecule has 2 heterocycles. The fourth-order valence-corrected chi connectivity index (χ4v) is 2.44. The van der Waals surface area contributed by atoms with Crippen LogP contribution in [0.5, 0.6) is 0 Å². The summed E-state index contributed by atoms with van der Waals surface area (Å²) >= 11 is 0. The van der Waals surface area contributed by atoms with E-state index in [1.54, 1.807) is 0 Å². The molecule has 3 nitrogen and oxygen atoms in total.